The maximum absolute atomic E-state index is 12.6. The van der Waals surface area contributed by atoms with Gasteiger partial charge in [0.2, 0.25) is 0 Å². The molecule has 0 atom stereocenters. The van der Waals surface area contributed by atoms with Gasteiger partial charge in [-0.15, -0.1) is 0 Å². The van der Waals surface area contributed by atoms with Crippen LogP contribution in [0, 0.1) is 0 Å². The molecule has 2 aromatic rings. The lowest BCUT2D eigenvalue weighted by Crippen LogP contribution is -2.19. The molecule has 0 spiro atoms. The molecular weight excluding hydrogens is 403 g/mol. The van der Waals surface area contributed by atoms with Gasteiger partial charge in [0.05, 0.1) is 32.2 Å². The van der Waals surface area contributed by atoms with E-state index >= 15 is 0 Å². The summed E-state index contributed by atoms with van der Waals surface area (Å²) in [5.74, 6) is 0.498. The molecule has 2 N–H and O–H groups in total. The topological polar surface area (TPSA) is 85.9 Å². The molecule has 0 aliphatic rings. The standard InChI is InChI=1S/C19H24ClN2O5P/c1-4-26-28(24,27-5-2)13-14-6-9-16(10-7-14)21-19(23)22-17-12-15(20)8-11-18(17)25-3/h6-12H,4-5,13H2,1-3H3,(H2,21,22,23). The molecular formula is C19H24ClN2O5P. The number of ether oxygens (including phenoxy) is 1. The highest BCUT2D eigenvalue weighted by Gasteiger charge is 2.23. The van der Waals surface area contributed by atoms with E-state index in [0.29, 0.717) is 35.4 Å². The number of methoxy groups -OCH3 is 1. The smallest absolute Gasteiger partial charge is 0.335 e. The van der Waals surface area contributed by atoms with Gasteiger partial charge in [-0.3, -0.25) is 4.57 Å². The Labute approximate surface area is 169 Å². The van der Waals surface area contributed by atoms with Crippen molar-refractivity contribution < 1.29 is 23.1 Å². The molecule has 9 heteroatoms. The molecule has 2 rings (SSSR count). The number of urea groups is 1. The van der Waals surface area contributed by atoms with E-state index in [9.17, 15) is 9.36 Å². The molecule has 0 unspecified atom stereocenters. The van der Waals surface area contributed by atoms with Crippen molar-refractivity contribution in [2.24, 2.45) is 0 Å². The van der Waals surface area contributed by atoms with Gasteiger partial charge in [0.15, 0.2) is 0 Å². The quantitative estimate of drug-likeness (QED) is 0.498. The van der Waals surface area contributed by atoms with E-state index in [-0.39, 0.29) is 6.16 Å². The Balaban J connectivity index is 2.01. The second-order valence-electron chi connectivity index (χ2n) is 5.73. The van der Waals surface area contributed by atoms with Crippen LogP contribution in [0.2, 0.25) is 5.02 Å². The first kappa shape index (κ1) is 22.2. The first-order valence-electron chi connectivity index (χ1n) is 8.77. The summed E-state index contributed by atoms with van der Waals surface area (Å²) in [6.07, 6.45) is 0.168. The molecule has 0 radical (unpaired) electrons. The third-order valence-electron chi connectivity index (χ3n) is 3.65. The molecule has 7 nitrogen and oxygen atoms in total. The molecule has 0 aliphatic heterocycles. The van der Waals surface area contributed by atoms with Gasteiger partial charge in [0.25, 0.3) is 0 Å². The lowest BCUT2D eigenvalue weighted by atomic mass is 10.2. The largest absolute Gasteiger partial charge is 0.495 e. The molecule has 0 bridgehead atoms. The number of benzene rings is 2. The number of anilines is 2. The zero-order valence-corrected chi connectivity index (χ0v) is 17.7. The van der Waals surface area contributed by atoms with Crippen LogP contribution in [-0.4, -0.2) is 26.4 Å². The molecule has 0 heterocycles. The average Bonchev–Trinajstić information content (AvgIpc) is 2.64. The van der Waals surface area contributed by atoms with Gasteiger partial charge in [0, 0.05) is 10.7 Å². The van der Waals surface area contributed by atoms with Crippen LogP contribution in [0.25, 0.3) is 0 Å². The Morgan fingerprint density at radius 1 is 1.04 bits per heavy atom. The summed E-state index contributed by atoms with van der Waals surface area (Å²) in [6, 6.07) is 11.5. The van der Waals surface area contributed by atoms with E-state index in [0.717, 1.165) is 5.56 Å². The van der Waals surface area contributed by atoms with Gasteiger partial charge >= 0.3 is 13.6 Å². The van der Waals surface area contributed by atoms with Crippen LogP contribution < -0.4 is 15.4 Å². The maximum Gasteiger partial charge on any atom is 0.335 e. The molecule has 0 saturated carbocycles. The van der Waals surface area contributed by atoms with Crippen molar-refractivity contribution in [3.05, 3.63) is 53.1 Å². The fraction of sp³-hybridized carbons (Fsp3) is 0.316. The number of halogens is 1. The van der Waals surface area contributed by atoms with Gasteiger partial charge < -0.3 is 24.4 Å². The second kappa shape index (κ2) is 10.5. The van der Waals surface area contributed by atoms with E-state index < -0.39 is 13.6 Å². The van der Waals surface area contributed by atoms with Gasteiger partial charge in [-0.05, 0) is 49.7 Å². The Bertz CT molecular complexity index is 835. The number of hydrogen-bond donors (Lipinski definition) is 2. The predicted octanol–water partition coefficient (Wildman–Crippen LogP) is 5.76. The average molecular weight is 427 g/mol. The normalized spacial score (nSPS) is 11.1. The number of carbonyl (C=O) groups is 1. The summed E-state index contributed by atoms with van der Waals surface area (Å²) in [4.78, 5) is 12.2. The Kier molecular flexibility index (Phi) is 8.33. The zero-order chi connectivity index (χ0) is 20.6. The molecule has 152 valence electrons. The summed E-state index contributed by atoms with van der Waals surface area (Å²) in [7, 11) is -1.66. The molecule has 0 saturated heterocycles. The van der Waals surface area contributed by atoms with Crippen molar-refractivity contribution in [2.45, 2.75) is 20.0 Å². The van der Waals surface area contributed by atoms with E-state index in [1.165, 1.54) is 7.11 Å². The summed E-state index contributed by atoms with van der Waals surface area (Å²) in [6.45, 7) is 4.16. The van der Waals surface area contributed by atoms with Crippen molar-refractivity contribution in [1.29, 1.82) is 0 Å². The van der Waals surface area contributed by atoms with Gasteiger partial charge in [0.1, 0.15) is 5.75 Å². The van der Waals surface area contributed by atoms with Gasteiger partial charge in [-0.1, -0.05) is 23.7 Å². The summed E-state index contributed by atoms with van der Waals surface area (Å²) < 4.78 is 28.4. The van der Waals surface area contributed by atoms with Crippen LogP contribution in [0.15, 0.2) is 42.5 Å². The number of amides is 2. The van der Waals surface area contributed by atoms with Crippen LogP contribution in [0.1, 0.15) is 19.4 Å². The van der Waals surface area contributed by atoms with Crippen LogP contribution >= 0.6 is 19.2 Å². The van der Waals surface area contributed by atoms with E-state index in [1.807, 2.05) is 0 Å². The zero-order valence-electron chi connectivity index (χ0n) is 16.0. The predicted molar refractivity (Wildman–Crippen MR) is 112 cm³/mol. The van der Waals surface area contributed by atoms with Crippen molar-refractivity contribution >= 4 is 36.6 Å². The third kappa shape index (κ3) is 6.53. The highest BCUT2D eigenvalue weighted by molar-refractivity contribution is 7.53. The van der Waals surface area contributed by atoms with E-state index in [2.05, 4.69) is 10.6 Å². The Hall–Kier alpha value is -2.05. The Morgan fingerprint density at radius 2 is 1.68 bits per heavy atom. The minimum absolute atomic E-state index is 0.168. The summed E-state index contributed by atoms with van der Waals surface area (Å²) in [5.41, 5.74) is 1.82. The van der Waals surface area contributed by atoms with Crippen LogP contribution in [0.3, 0.4) is 0 Å². The highest BCUT2D eigenvalue weighted by atomic mass is 35.5. The lowest BCUT2D eigenvalue weighted by molar-refractivity contribution is 0.219. The fourth-order valence-electron chi connectivity index (χ4n) is 2.50. The second-order valence-corrected chi connectivity index (χ2v) is 8.22. The minimum atomic E-state index is -3.17. The van der Waals surface area contributed by atoms with Crippen molar-refractivity contribution in [3.8, 4) is 5.75 Å². The molecule has 28 heavy (non-hydrogen) atoms. The molecule has 0 fully saturated rings. The Morgan fingerprint density at radius 3 is 2.25 bits per heavy atom. The molecule has 2 amide bonds. The number of rotatable bonds is 9. The van der Waals surface area contributed by atoms with E-state index in [1.54, 1.807) is 56.3 Å². The SMILES string of the molecule is CCOP(=O)(Cc1ccc(NC(=O)Nc2cc(Cl)ccc2OC)cc1)OCC. The minimum Gasteiger partial charge on any atom is -0.495 e. The van der Waals surface area contributed by atoms with Crippen molar-refractivity contribution in [3.63, 3.8) is 0 Å². The van der Waals surface area contributed by atoms with Crippen LogP contribution in [0.4, 0.5) is 16.2 Å². The third-order valence-corrected chi connectivity index (χ3v) is 5.94. The maximum atomic E-state index is 12.6. The van der Waals surface area contributed by atoms with Gasteiger partial charge in [-0.25, -0.2) is 4.79 Å². The van der Waals surface area contributed by atoms with E-state index in [4.69, 9.17) is 25.4 Å². The first-order valence-corrected chi connectivity index (χ1v) is 10.9. The van der Waals surface area contributed by atoms with Gasteiger partial charge in [-0.2, -0.15) is 0 Å². The lowest BCUT2D eigenvalue weighted by Gasteiger charge is -2.17. The first-order chi connectivity index (χ1) is 13.4. The molecule has 2 aromatic carbocycles. The monoisotopic (exact) mass is 426 g/mol. The van der Waals surface area contributed by atoms with Crippen LogP contribution in [0.5, 0.6) is 5.75 Å². The number of hydrogen-bond acceptors (Lipinski definition) is 5. The summed E-state index contributed by atoms with van der Waals surface area (Å²) >= 11 is 5.96. The fourth-order valence-corrected chi connectivity index (χ4v) is 4.38. The summed E-state index contributed by atoms with van der Waals surface area (Å²) in [5, 5.41) is 5.89. The number of nitrogens with one attached hydrogen (secondary N) is 2. The highest BCUT2D eigenvalue weighted by Crippen LogP contribution is 2.51. The van der Waals surface area contributed by atoms with Crippen LogP contribution in [-0.2, 0) is 19.8 Å². The van der Waals surface area contributed by atoms with Crippen molar-refractivity contribution in [1.82, 2.24) is 0 Å². The molecule has 0 aromatic heterocycles. The van der Waals surface area contributed by atoms with Crippen molar-refractivity contribution in [2.75, 3.05) is 31.0 Å². The number of carbonyl (C=O) groups excluding carboxylic acids is 1. The molecule has 0 aliphatic carbocycles.